The second-order valence-corrected chi connectivity index (χ2v) is 10.8. The molecule has 1 aliphatic rings. The maximum absolute atomic E-state index is 12.1. The van der Waals surface area contributed by atoms with Gasteiger partial charge in [0.25, 0.3) is 10.1 Å². The minimum Gasteiger partial charge on any atom is -0.444 e. The first kappa shape index (κ1) is 24.7. The highest BCUT2D eigenvalue weighted by Gasteiger charge is 2.26. The summed E-state index contributed by atoms with van der Waals surface area (Å²) in [7, 11) is -3.65. The molecule has 0 radical (unpaired) electrons. The Hall–Kier alpha value is -1.60. The van der Waals surface area contributed by atoms with Crippen molar-refractivity contribution in [1.29, 1.82) is 0 Å². The first-order valence-corrected chi connectivity index (χ1v) is 12.4. The second-order valence-electron chi connectivity index (χ2n) is 9.20. The Balaban J connectivity index is 1.54. The van der Waals surface area contributed by atoms with Crippen molar-refractivity contribution in [3.05, 3.63) is 29.8 Å². The van der Waals surface area contributed by atoms with Crippen LogP contribution in [0.4, 0.5) is 4.79 Å². The molecule has 0 atom stereocenters. The number of carbonyl (C=O) groups is 1. The smallest absolute Gasteiger partial charge is 0.410 e. The summed E-state index contributed by atoms with van der Waals surface area (Å²) in [6.45, 7) is 9.35. The summed E-state index contributed by atoms with van der Waals surface area (Å²) in [4.78, 5) is 14.1. The first-order chi connectivity index (χ1) is 14.1. The fraction of sp³-hybridized carbons (Fsp3) is 0.696. The molecule has 0 unspecified atom stereocenters. The van der Waals surface area contributed by atoms with Gasteiger partial charge in [0.15, 0.2) is 0 Å². The molecule has 0 spiro atoms. The van der Waals surface area contributed by atoms with Gasteiger partial charge in [-0.15, -0.1) is 0 Å². The molecule has 0 saturated carbocycles. The largest absolute Gasteiger partial charge is 0.444 e. The number of amides is 1. The number of hydrogen-bond donors (Lipinski definition) is 0. The zero-order valence-electron chi connectivity index (χ0n) is 18.9. The minimum absolute atomic E-state index is 0.207. The lowest BCUT2D eigenvalue weighted by molar-refractivity contribution is 0.0180. The molecule has 6 nitrogen and oxygen atoms in total. The Bertz CT molecular complexity index is 760. The van der Waals surface area contributed by atoms with Crippen LogP contribution in [0.2, 0.25) is 0 Å². The lowest BCUT2D eigenvalue weighted by Crippen LogP contribution is -2.41. The zero-order chi connectivity index (χ0) is 22.2. The predicted octanol–water partition coefficient (Wildman–Crippen LogP) is 5.30. The van der Waals surface area contributed by atoms with Crippen LogP contribution < -0.4 is 0 Å². The number of nitrogens with zero attached hydrogens (tertiary/aromatic N) is 1. The van der Waals surface area contributed by atoms with Crippen LogP contribution in [-0.4, -0.2) is 44.7 Å². The summed E-state index contributed by atoms with van der Waals surface area (Å²) in [5, 5.41) is 0. The van der Waals surface area contributed by atoms with E-state index in [2.05, 4.69) is 0 Å². The highest BCUT2D eigenvalue weighted by Crippen LogP contribution is 2.24. The van der Waals surface area contributed by atoms with E-state index >= 15 is 0 Å². The third-order valence-corrected chi connectivity index (χ3v) is 6.65. The highest BCUT2D eigenvalue weighted by atomic mass is 32.2. The Morgan fingerprint density at radius 2 is 1.63 bits per heavy atom. The van der Waals surface area contributed by atoms with Gasteiger partial charge in [0.2, 0.25) is 0 Å². The second kappa shape index (κ2) is 11.1. The molecule has 1 heterocycles. The van der Waals surface area contributed by atoms with Crippen molar-refractivity contribution >= 4 is 16.2 Å². The van der Waals surface area contributed by atoms with Crippen molar-refractivity contribution in [3.8, 4) is 0 Å². The summed E-state index contributed by atoms with van der Waals surface area (Å²) in [5.74, 6) is 0.654. The number of aryl methyl sites for hydroxylation is 1. The molecule has 1 fully saturated rings. The van der Waals surface area contributed by atoms with Gasteiger partial charge in [0, 0.05) is 13.1 Å². The number of carbonyl (C=O) groups excluding carboxylic acids is 1. The fourth-order valence-corrected chi connectivity index (χ4v) is 4.50. The number of benzene rings is 1. The predicted molar refractivity (Wildman–Crippen MR) is 118 cm³/mol. The van der Waals surface area contributed by atoms with E-state index in [4.69, 9.17) is 8.92 Å². The van der Waals surface area contributed by atoms with Gasteiger partial charge in [-0.05, 0) is 65.0 Å². The molecule has 0 aromatic heterocycles. The molecule has 7 heteroatoms. The summed E-state index contributed by atoms with van der Waals surface area (Å²) in [6, 6.07) is 6.71. The molecule has 2 rings (SSSR count). The number of rotatable bonds is 9. The third-order valence-electron chi connectivity index (χ3n) is 5.32. The number of piperidine rings is 1. The van der Waals surface area contributed by atoms with E-state index in [9.17, 15) is 13.2 Å². The van der Waals surface area contributed by atoms with Gasteiger partial charge < -0.3 is 9.64 Å². The maximum Gasteiger partial charge on any atom is 0.410 e. The van der Waals surface area contributed by atoms with Crippen LogP contribution in [0.3, 0.4) is 0 Å². The van der Waals surface area contributed by atoms with E-state index in [1.54, 1.807) is 24.3 Å². The Kier molecular flexibility index (Phi) is 9.16. The number of ether oxygens (including phenoxy) is 1. The Labute approximate surface area is 182 Å². The zero-order valence-corrected chi connectivity index (χ0v) is 19.7. The molecule has 1 aromatic rings. The molecule has 0 aliphatic carbocycles. The van der Waals surface area contributed by atoms with Crippen LogP contribution in [0.15, 0.2) is 29.2 Å². The van der Waals surface area contributed by atoms with E-state index in [1.807, 2.05) is 32.6 Å². The van der Waals surface area contributed by atoms with Gasteiger partial charge in [-0.25, -0.2) is 4.79 Å². The van der Waals surface area contributed by atoms with Gasteiger partial charge in [-0.3, -0.25) is 4.18 Å². The van der Waals surface area contributed by atoms with Crippen molar-refractivity contribution < 1.29 is 22.1 Å². The van der Waals surface area contributed by atoms with Crippen LogP contribution in [0, 0.1) is 12.8 Å². The van der Waals surface area contributed by atoms with Crippen molar-refractivity contribution in [2.45, 2.75) is 83.1 Å². The number of hydrogen-bond acceptors (Lipinski definition) is 5. The van der Waals surface area contributed by atoms with Gasteiger partial charge in [-0.2, -0.15) is 8.42 Å². The molecule has 1 saturated heterocycles. The monoisotopic (exact) mass is 439 g/mol. The van der Waals surface area contributed by atoms with Crippen molar-refractivity contribution in [2.24, 2.45) is 5.92 Å². The van der Waals surface area contributed by atoms with Crippen molar-refractivity contribution in [2.75, 3.05) is 19.7 Å². The molecule has 1 aliphatic heterocycles. The molecule has 1 amide bonds. The molecule has 1 aromatic carbocycles. The van der Waals surface area contributed by atoms with E-state index in [1.165, 1.54) is 0 Å². The summed E-state index contributed by atoms with van der Waals surface area (Å²) < 4.78 is 34.8. The van der Waals surface area contributed by atoms with Crippen LogP contribution in [-0.2, 0) is 19.0 Å². The Morgan fingerprint density at radius 1 is 1.03 bits per heavy atom. The van der Waals surface area contributed by atoms with Gasteiger partial charge in [-0.1, -0.05) is 43.4 Å². The normalized spacial score (nSPS) is 15.9. The summed E-state index contributed by atoms with van der Waals surface area (Å²) in [6.07, 6.45) is 6.89. The van der Waals surface area contributed by atoms with E-state index in [-0.39, 0.29) is 17.6 Å². The SMILES string of the molecule is Cc1ccc(S(=O)(=O)OCCCCCCC2CCN(C(=O)OC(C)(C)C)CC2)cc1. The maximum atomic E-state index is 12.1. The van der Waals surface area contributed by atoms with Gasteiger partial charge >= 0.3 is 6.09 Å². The lowest BCUT2D eigenvalue weighted by atomic mass is 9.91. The van der Waals surface area contributed by atoms with Crippen molar-refractivity contribution in [1.82, 2.24) is 4.90 Å². The topological polar surface area (TPSA) is 72.9 Å². The number of unbranched alkanes of at least 4 members (excludes halogenated alkanes) is 3. The quantitative estimate of drug-likeness (QED) is 0.386. The lowest BCUT2D eigenvalue weighted by Gasteiger charge is -2.33. The van der Waals surface area contributed by atoms with E-state index in [0.29, 0.717) is 5.92 Å². The molecule has 170 valence electrons. The van der Waals surface area contributed by atoms with Crippen LogP contribution in [0.1, 0.15) is 71.3 Å². The Morgan fingerprint density at radius 3 is 2.23 bits per heavy atom. The fourth-order valence-electron chi connectivity index (χ4n) is 3.56. The van der Waals surface area contributed by atoms with Gasteiger partial charge in [0.1, 0.15) is 5.60 Å². The third kappa shape index (κ3) is 8.64. The van der Waals surface area contributed by atoms with Gasteiger partial charge in [0.05, 0.1) is 11.5 Å². The average molecular weight is 440 g/mol. The van der Waals surface area contributed by atoms with Crippen LogP contribution >= 0.6 is 0 Å². The van der Waals surface area contributed by atoms with E-state index in [0.717, 1.165) is 63.6 Å². The number of likely N-dealkylation sites (tertiary alicyclic amines) is 1. The average Bonchev–Trinajstić information content (AvgIpc) is 2.66. The highest BCUT2D eigenvalue weighted by molar-refractivity contribution is 7.86. The van der Waals surface area contributed by atoms with Crippen molar-refractivity contribution in [3.63, 3.8) is 0 Å². The molecular formula is C23H37NO5S. The molecular weight excluding hydrogens is 402 g/mol. The molecule has 0 N–H and O–H groups in total. The standard InChI is InChI=1S/C23H37NO5S/c1-19-10-12-21(13-11-19)30(26,27)28-18-8-6-5-7-9-20-14-16-24(17-15-20)22(25)29-23(2,3)4/h10-13,20H,5-9,14-18H2,1-4H3. The minimum atomic E-state index is -3.65. The molecule has 0 bridgehead atoms. The first-order valence-electron chi connectivity index (χ1n) is 11.0. The molecule has 30 heavy (non-hydrogen) atoms. The van der Waals surface area contributed by atoms with Crippen LogP contribution in [0.5, 0.6) is 0 Å². The summed E-state index contributed by atoms with van der Waals surface area (Å²) >= 11 is 0. The van der Waals surface area contributed by atoms with Crippen LogP contribution in [0.25, 0.3) is 0 Å². The van der Waals surface area contributed by atoms with E-state index < -0.39 is 15.7 Å². The summed E-state index contributed by atoms with van der Waals surface area (Å²) in [5.41, 5.74) is 0.571.